The Labute approximate surface area is 196 Å². The lowest BCUT2D eigenvalue weighted by Crippen LogP contribution is -2.63. The zero-order valence-electron chi connectivity index (χ0n) is 19.5. The van der Waals surface area contributed by atoms with Crippen molar-refractivity contribution in [2.45, 2.75) is 75.3 Å². The van der Waals surface area contributed by atoms with Crippen LogP contribution in [0.25, 0.3) is 0 Å². The lowest BCUT2D eigenvalue weighted by atomic mass is 9.70. The van der Waals surface area contributed by atoms with Gasteiger partial charge in [-0.1, -0.05) is 56.0 Å². The number of hydrogen-bond donors (Lipinski definition) is 1. The van der Waals surface area contributed by atoms with Gasteiger partial charge in [-0.2, -0.15) is 0 Å². The summed E-state index contributed by atoms with van der Waals surface area (Å²) in [6.07, 6.45) is 9.21. The Kier molecular flexibility index (Phi) is 6.13. The van der Waals surface area contributed by atoms with Gasteiger partial charge in [0.1, 0.15) is 5.75 Å². The second-order valence-electron chi connectivity index (χ2n) is 9.83. The minimum absolute atomic E-state index is 0.0633. The second-order valence-corrected chi connectivity index (χ2v) is 9.83. The van der Waals surface area contributed by atoms with E-state index in [1.54, 1.807) is 7.11 Å². The topological polar surface area (TPSA) is 58.6 Å². The maximum atomic E-state index is 13.8. The summed E-state index contributed by atoms with van der Waals surface area (Å²) < 4.78 is 5.24. The third-order valence-electron chi connectivity index (χ3n) is 8.03. The number of amides is 2. The predicted molar refractivity (Wildman–Crippen MR) is 129 cm³/mol. The molecule has 33 heavy (non-hydrogen) atoms. The monoisotopic (exact) mass is 446 g/mol. The van der Waals surface area contributed by atoms with Gasteiger partial charge >= 0.3 is 0 Å². The van der Waals surface area contributed by atoms with Gasteiger partial charge in [0.05, 0.1) is 18.6 Å². The van der Waals surface area contributed by atoms with Gasteiger partial charge in [-0.25, -0.2) is 0 Å². The fourth-order valence-electron chi connectivity index (χ4n) is 6.52. The molecule has 174 valence electrons. The van der Waals surface area contributed by atoms with Gasteiger partial charge in [0.2, 0.25) is 5.91 Å². The van der Waals surface area contributed by atoms with Crippen LogP contribution in [-0.2, 0) is 11.2 Å². The van der Waals surface area contributed by atoms with Crippen molar-refractivity contribution in [2.24, 2.45) is 0 Å². The number of hydrogen-bond acceptors (Lipinski definition) is 3. The second kappa shape index (κ2) is 9.20. The van der Waals surface area contributed by atoms with E-state index < -0.39 is 0 Å². The Morgan fingerprint density at radius 2 is 1.73 bits per heavy atom. The van der Waals surface area contributed by atoms with Crippen LogP contribution in [0.3, 0.4) is 0 Å². The number of methoxy groups -OCH3 is 1. The number of ether oxygens (including phenoxy) is 1. The Morgan fingerprint density at radius 1 is 1.03 bits per heavy atom. The standard InChI is InChI=1S/C28H34N2O3/c1-33-22-14-12-20(13-15-22)16-19-29-26(31)25-23-10-4-5-11-24(23)27(32)30(21-8-2-3-9-21)28(25)17-6-7-18-28/h4-5,10-15,21,25H,2-3,6-9,16-19H2,1H3,(H,29,31)/t25-/m1/s1. The Morgan fingerprint density at radius 3 is 2.42 bits per heavy atom. The molecule has 0 unspecified atom stereocenters. The molecule has 0 aromatic heterocycles. The van der Waals surface area contributed by atoms with Gasteiger partial charge in [0.15, 0.2) is 0 Å². The highest BCUT2D eigenvalue weighted by Crippen LogP contribution is 2.52. The van der Waals surface area contributed by atoms with Crippen molar-refractivity contribution in [3.63, 3.8) is 0 Å². The van der Waals surface area contributed by atoms with Crippen LogP contribution in [0.5, 0.6) is 5.75 Å². The van der Waals surface area contributed by atoms with Gasteiger partial charge in [-0.05, 0) is 61.4 Å². The van der Waals surface area contributed by atoms with E-state index in [1.165, 1.54) is 18.4 Å². The number of benzene rings is 2. The van der Waals surface area contributed by atoms with Gasteiger partial charge in [0, 0.05) is 18.2 Å². The van der Waals surface area contributed by atoms with Gasteiger partial charge in [-0.3, -0.25) is 9.59 Å². The molecule has 2 fully saturated rings. The lowest BCUT2D eigenvalue weighted by Gasteiger charge is -2.52. The largest absolute Gasteiger partial charge is 0.497 e. The zero-order chi connectivity index (χ0) is 22.8. The first-order chi connectivity index (χ1) is 16.1. The number of fused-ring (bicyclic) bond motifs is 1. The summed E-state index contributed by atoms with van der Waals surface area (Å²) in [6.45, 7) is 0.581. The summed E-state index contributed by atoms with van der Waals surface area (Å²) in [5, 5.41) is 3.24. The molecule has 0 radical (unpaired) electrons. The average Bonchev–Trinajstić information content (AvgIpc) is 3.53. The van der Waals surface area contributed by atoms with Crippen LogP contribution in [0, 0.1) is 0 Å². The molecule has 2 aliphatic carbocycles. The summed E-state index contributed by atoms with van der Waals surface area (Å²) in [5.74, 6) is 0.738. The van der Waals surface area contributed by atoms with Crippen LogP contribution < -0.4 is 10.1 Å². The number of carbonyl (C=O) groups excluding carboxylic acids is 2. The molecule has 0 bridgehead atoms. The van der Waals surface area contributed by atoms with Crippen LogP contribution in [-0.4, -0.2) is 41.9 Å². The van der Waals surface area contributed by atoms with E-state index in [1.807, 2.05) is 48.5 Å². The fraction of sp³-hybridized carbons (Fsp3) is 0.500. The smallest absolute Gasteiger partial charge is 0.254 e. The zero-order valence-corrected chi connectivity index (χ0v) is 19.5. The molecule has 1 N–H and O–H groups in total. The third kappa shape index (κ3) is 3.92. The van der Waals surface area contributed by atoms with Crippen molar-refractivity contribution in [1.29, 1.82) is 0 Å². The summed E-state index contributed by atoms with van der Waals surface area (Å²) in [4.78, 5) is 29.8. The molecule has 1 spiro atoms. The van der Waals surface area contributed by atoms with Crippen molar-refractivity contribution in [3.05, 3.63) is 65.2 Å². The van der Waals surface area contributed by atoms with E-state index in [0.29, 0.717) is 6.54 Å². The lowest BCUT2D eigenvalue weighted by molar-refractivity contribution is -0.126. The van der Waals surface area contributed by atoms with E-state index in [9.17, 15) is 9.59 Å². The first-order valence-corrected chi connectivity index (χ1v) is 12.5. The minimum Gasteiger partial charge on any atom is -0.497 e. The van der Waals surface area contributed by atoms with E-state index in [-0.39, 0.29) is 29.3 Å². The quantitative estimate of drug-likeness (QED) is 0.690. The summed E-state index contributed by atoms with van der Waals surface area (Å²) in [6, 6.07) is 16.1. The van der Waals surface area contributed by atoms with Crippen molar-refractivity contribution in [2.75, 3.05) is 13.7 Å². The molecule has 0 saturated heterocycles. The first kappa shape index (κ1) is 22.0. The van der Waals surface area contributed by atoms with Gasteiger partial charge in [-0.15, -0.1) is 0 Å². The fourth-order valence-corrected chi connectivity index (χ4v) is 6.52. The Bertz CT molecular complexity index is 1000. The predicted octanol–water partition coefficient (Wildman–Crippen LogP) is 4.85. The molecule has 2 saturated carbocycles. The van der Waals surface area contributed by atoms with Crippen LogP contribution in [0.15, 0.2) is 48.5 Å². The van der Waals surface area contributed by atoms with E-state index in [4.69, 9.17) is 4.74 Å². The molecule has 2 aromatic carbocycles. The molecule has 5 heteroatoms. The highest BCUT2D eigenvalue weighted by molar-refractivity contribution is 6.02. The van der Waals surface area contributed by atoms with Crippen molar-refractivity contribution >= 4 is 11.8 Å². The van der Waals surface area contributed by atoms with Gasteiger partial charge in [0.25, 0.3) is 5.91 Å². The molecule has 5 rings (SSSR count). The molecule has 1 heterocycles. The maximum Gasteiger partial charge on any atom is 0.254 e. The molecular formula is C28H34N2O3. The van der Waals surface area contributed by atoms with Crippen molar-refractivity contribution in [3.8, 4) is 5.75 Å². The summed E-state index contributed by atoms with van der Waals surface area (Å²) >= 11 is 0. The Balaban J connectivity index is 1.42. The SMILES string of the molecule is COc1ccc(CCNC(=O)[C@H]2c3ccccc3C(=O)N(C3CCCC3)C23CCCC3)cc1. The Hall–Kier alpha value is -2.82. The van der Waals surface area contributed by atoms with Crippen LogP contribution in [0.2, 0.25) is 0 Å². The number of carbonyl (C=O) groups is 2. The molecule has 1 atom stereocenters. The molecule has 1 aliphatic heterocycles. The van der Waals surface area contributed by atoms with E-state index in [2.05, 4.69) is 10.2 Å². The highest BCUT2D eigenvalue weighted by atomic mass is 16.5. The molecule has 2 amide bonds. The van der Waals surface area contributed by atoms with Crippen LogP contribution in [0.1, 0.15) is 78.8 Å². The molecule has 2 aromatic rings. The van der Waals surface area contributed by atoms with Crippen molar-refractivity contribution < 1.29 is 14.3 Å². The van der Waals surface area contributed by atoms with Crippen molar-refractivity contribution in [1.82, 2.24) is 10.2 Å². The van der Waals surface area contributed by atoms with Gasteiger partial charge < -0.3 is 15.0 Å². The average molecular weight is 447 g/mol. The minimum atomic E-state index is -0.384. The first-order valence-electron chi connectivity index (χ1n) is 12.5. The van der Waals surface area contributed by atoms with E-state index in [0.717, 1.165) is 61.8 Å². The number of nitrogens with one attached hydrogen (secondary N) is 1. The van der Waals surface area contributed by atoms with Crippen LogP contribution in [0.4, 0.5) is 0 Å². The normalized spacial score (nSPS) is 21.9. The summed E-state index contributed by atoms with van der Waals surface area (Å²) in [5.41, 5.74) is 2.42. The van der Waals surface area contributed by atoms with E-state index >= 15 is 0 Å². The summed E-state index contributed by atoms with van der Waals surface area (Å²) in [7, 11) is 1.66. The number of rotatable bonds is 6. The molecule has 3 aliphatic rings. The highest BCUT2D eigenvalue weighted by Gasteiger charge is 2.57. The number of nitrogens with zero attached hydrogens (tertiary/aromatic N) is 1. The molecular weight excluding hydrogens is 412 g/mol. The maximum absolute atomic E-state index is 13.8. The third-order valence-corrected chi connectivity index (χ3v) is 8.03. The molecule has 5 nitrogen and oxygen atoms in total. The van der Waals surface area contributed by atoms with Crippen LogP contribution >= 0.6 is 0 Å².